The molecule has 0 saturated heterocycles. The summed E-state index contributed by atoms with van der Waals surface area (Å²) < 4.78 is 42.8. The maximum atomic E-state index is 8.49. The van der Waals surface area contributed by atoms with Crippen LogP contribution in [0, 0.1) is 10.2 Å². The molecule has 1 aliphatic carbocycles. The number of benzene rings is 5. The molecule has 0 N–H and O–H groups in total. The lowest BCUT2D eigenvalue weighted by Crippen LogP contribution is -2.68. The van der Waals surface area contributed by atoms with Gasteiger partial charge in [0.1, 0.15) is 12.3 Å². The predicted octanol–water partition coefficient (Wildman–Crippen LogP) is 10.2. The predicted molar refractivity (Wildman–Crippen MR) is 254 cm³/mol. The average molecular weight is 882 g/mol. The highest BCUT2D eigenvalue weighted by atomic mass is 35.7. The molecule has 0 bridgehead atoms. The van der Waals surface area contributed by atoms with Gasteiger partial charge in [-0.25, -0.2) is 18.6 Å². The number of rotatable bonds is 14. The van der Waals surface area contributed by atoms with Crippen molar-refractivity contribution in [1.29, 1.82) is 0 Å². The van der Waals surface area contributed by atoms with E-state index in [2.05, 4.69) is 179 Å². The van der Waals surface area contributed by atoms with Crippen LogP contribution in [-0.4, -0.2) is 30.0 Å². The molecule has 5 aromatic carbocycles. The van der Waals surface area contributed by atoms with Crippen molar-refractivity contribution in [2.45, 2.75) is 117 Å². The van der Waals surface area contributed by atoms with Gasteiger partial charge < -0.3 is 9.64 Å². The molecule has 0 radical (unpaired) electrons. The summed E-state index contributed by atoms with van der Waals surface area (Å²) in [5.74, 6) is 0.951. The zero-order chi connectivity index (χ0) is 45.6. The Balaban J connectivity index is 0.00000116. The SMILES string of the molecule is CCCCOc1ccc(C2=C(/C=C/C3=[N+](CCCC)c4ccc5ccccc5c4C3(C)C)CCC/C2=C\C=C2/N(CCCC)c3ccc4ccccc4c3C2(C)C)cc1.[O-][Cl+3]([O-])([O-])[O-]. The summed E-state index contributed by atoms with van der Waals surface area (Å²) in [5.41, 5.74) is 13.7. The lowest BCUT2D eigenvalue weighted by molar-refractivity contribution is -2.00. The maximum Gasteiger partial charge on any atom is 0.210 e. The van der Waals surface area contributed by atoms with Crippen LogP contribution >= 0.6 is 0 Å². The van der Waals surface area contributed by atoms with Crippen LogP contribution in [0.3, 0.4) is 0 Å². The first kappa shape index (κ1) is 47.0. The molecule has 336 valence electrons. The highest BCUT2D eigenvalue weighted by Gasteiger charge is 2.45. The van der Waals surface area contributed by atoms with Gasteiger partial charge in [-0.1, -0.05) is 133 Å². The largest absolute Gasteiger partial charge is 0.494 e. The van der Waals surface area contributed by atoms with Gasteiger partial charge in [0.25, 0.3) is 0 Å². The normalized spacial score (nSPS) is 18.1. The molecule has 0 saturated carbocycles. The van der Waals surface area contributed by atoms with Gasteiger partial charge in [-0.2, -0.15) is 4.58 Å². The van der Waals surface area contributed by atoms with Crippen LogP contribution in [0.5, 0.6) is 5.75 Å². The number of unbranched alkanes of at least 4 members (excludes halogenated alkanes) is 3. The number of hydrogen-bond acceptors (Lipinski definition) is 6. The number of allylic oxidation sites excluding steroid dienone is 8. The highest BCUT2D eigenvalue weighted by molar-refractivity contribution is 6.08. The van der Waals surface area contributed by atoms with Crippen LogP contribution in [0.4, 0.5) is 11.4 Å². The number of halogens is 1. The Morgan fingerprint density at radius 3 is 1.95 bits per heavy atom. The molecule has 0 unspecified atom stereocenters. The maximum absolute atomic E-state index is 8.49. The monoisotopic (exact) mass is 880 g/mol. The number of hydrogen-bond donors (Lipinski definition) is 0. The van der Waals surface area contributed by atoms with Gasteiger partial charge in [-0.15, -0.1) is 10.2 Å². The third kappa shape index (κ3) is 9.95. The molecule has 64 heavy (non-hydrogen) atoms. The van der Waals surface area contributed by atoms with E-state index in [0.29, 0.717) is 0 Å². The standard InChI is InChI=1S/C56H65N2O.ClHO4/c1-8-11-37-57-48-33-27-40-19-14-16-23-46(40)53(48)55(4,5)50(57)35-29-42-21-18-22-43(52(42)44-25-31-45(32-26-44)59-39-13-10-3)30-36-51-56(6,7)54-47-24-17-15-20-41(47)28-34-49(54)58(51)38-12-9-2;2-1(3,4)5/h14-17,19-20,23-36H,8-13,18,21-22,37-39H2,1-7H3;(H,2,3,4,5)/q+1;/p-1. The molecular formula is C56H65ClN2O5. The third-order valence-electron chi connectivity index (χ3n) is 13.3. The van der Waals surface area contributed by atoms with Gasteiger partial charge in [0.15, 0.2) is 5.71 Å². The second-order valence-corrected chi connectivity index (χ2v) is 19.2. The van der Waals surface area contributed by atoms with Crippen molar-refractivity contribution in [3.05, 3.63) is 155 Å². The van der Waals surface area contributed by atoms with Crippen LogP contribution < -0.4 is 28.3 Å². The van der Waals surface area contributed by atoms with Crippen molar-refractivity contribution in [1.82, 2.24) is 0 Å². The fourth-order valence-corrected chi connectivity index (χ4v) is 10.2. The van der Waals surface area contributed by atoms with Gasteiger partial charge in [0.05, 0.1) is 12.0 Å². The van der Waals surface area contributed by atoms with Crippen molar-refractivity contribution in [3.63, 3.8) is 0 Å². The van der Waals surface area contributed by atoms with Gasteiger partial charge >= 0.3 is 0 Å². The molecule has 2 aliphatic heterocycles. The lowest BCUT2D eigenvalue weighted by atomic mass is 9.78. The van der Waals surface area contributed by atoms with Gasteiger partial charge in [0.2, 0.25) is 5.69 Å². The molecule has 5 aromatic rings. The van der Waals surface area contributed by atoms with Crippen LogP contribution in [0.15, 0.2) is 138 Å². The summed E-state index contributed by atoms with van der Waals surface area (Å²) in [6.07, 6.45) is 20.0. The van der Waals surface area contributed by atoms with E-state index in [-0.39, 0.29) is 10.8 Å². The highest BCUT2D eigenvalue weighted by Crippen LogP contribution is 2.51. The summed E-state index contributed by atoms with van der Waals surface area (Å²) in [6.45, 7) is 19.4. The van der Waals surface area contributed by atoms with E-state index in [1.54, 1.807) is 0 Å². The van der Waals surface area contributed by atoms with Crippen LogP contribution in [0.1, 0.15) is 123 Å². The number of fused-ring (bicyclic) bond motifs is 6. The van der Waals surface area contributed by atoms with E-state index in [0.717, 1.165) is 70.4 Å². The van der Waals surface area contributed by atoms with Crippen molar-refractivity contribution < 1.29 is 38.2 Å². The van der Waals surface area contributed by atoms with E-state index in [9.17, 15) is 0 Å². The Labute approximate surface area is 383 Å². The summed E-state index contributed by atoms with van der Waals surface area (Å²) in [6, 6.07) is 36.2. The Kier molecular flexibility index (Phi) is 14.7. The second kappa shape index (κ2) is 20.0. The summed E-state index contributed by atoms with van der Waals surface area (Å²) >= 11 is 0. The van der Waals surface area contributed by atoms with Crippen LogP contribution in [0.2, 0.25) is 0 Å². The third-order valence-corrected chi connectivity index (χ3v) is 13.3. The van der Waals surface area contributed by atoms with E-state index in [1.807, 2.05) is 0 Å². The molecule has 8 heteroatoms. The quantitative estimate of drug-likeness (QED) is 0.0812. The molecule has 3 aliphatic rings. The Hall–Kier alpha value is -5.02. The Bertz CT molecular complexity index is 2620. The average Bonchev–Trinajstić information content (AvgIpc) is 3.63. The van der Waals surface area contributed by atoms with Crippen molar-refractivity contribution >= 4 is 44.2 Å². The molecule has 0 amide bonds. The van der Waals surface area contributed by atoms with Crippen molar-refractivity contribution in [2.75, 3.05) is 24.6 Å². The minimum atomic E-state index is -4.94. The van der Waals surface area contributed by atoms with Gasteiger partial charge in [-0.05, 0) is 126 Å². The van der Waals surface area contributed by atoms with Crippen LogP contribution in [-0.2, 0) is 10.8 Å². The molecule has 2 heterocycles. The zero-order valence-electron chi connectivity index (χ0n) is 38.8. The van der Waals surface area contributed by atoms with E-state index >= 15 is 0 Å². The molecule has 8 rings (SSSR count). The van der Waals surface area contributed by atoms with Crippen molar-refractivity contribution in [2.24, 2.45) is 0 Å². The minimum absolute atomic E-state index is 0.133. The summed E-state index contributed by atoms with van der Waals surface area (Å²) in [7, 11) is -4.94. The van der Waals surface area contributed by atoms with Crippen molar-refractivity contribution in [3.8, 4) is 5.75 Å². The topological polar surface area (TPSA) is 108 Å². The number of anilines is 1. The van der Waals surface area contributed by atoms with Gasteiger partial charge in [0, 0.05) is 47.5 Å². The summed E-state index contributed by atoms with van der Waals surface area (Å²) in [4.78, 5) is 2.63. The zero-order valence-corrected chi connectivity index (χ0v) is 39.6. The molecule has 0 fully saturated rings. The fraction of sp³-hybridized carbons (Fsp3) is 0.375. The number of nitrogens with zero attached hydrogens (tertiary/aromatic N) is 2. The van der Waals surface area contributed by atoms with E-state index < -0.39 is 10.2 Å². The fourth-order valence-electron chi connectivity index (χ4n) is 10.2. The molecular weight excluding hydrogens is 816 g/mol. The minimum Gasteiger partial charge on any atom is -0.494 e. The molecule has 0 spiro atoms. The Morgan fingerprint density at radius 1 is 0.672 bits per heavy atom. The Morgan fingerprint density at radius 2 is 1.30 bits per heavy atom. The number of ether oxygens (including phenoxy) is 1. The first-order valence-corrected chi connectivity index (χ1v) is 24.6. The molecule has 0 atom stereocenters. The van der Waals surface area contributed by atoms with Crippen LogP contribution in [0.25, 0.3) is 27.1 Å². The van der Waals surface area contributed by atoms with E-state index in [1.165, 1.54) is 90.6 Å². The summed E-state index contributed by atoms with van der Waals surface area (Å²) in [5, 5.41) is 5.38. The van der Waals surface area contributed by atoms with E-state index in [4.69, 9.17) is 23.4 Å². The molecule has 0 aromatic heterocycles. The molecule has 7 nitrogen and oxygen atoms in total. The van der Waals surface area contributed by atoms with Gasteiger partial charge in [-0.3, -0.25) is 0 Å². The smallest absolute Gasteiger partial charge is 0.210 e. The first-order valence-electron chi connectivity index (χ1n) is 23.3. The lowest BCUT2D eigenvalue weighted by Gasteiger charge is -2.28. The first-order chi connectivity index (χ1) is 30.7. The second-order valence-electron chi connectivity index (χ2n) is 18.4.